The maximum atomic E-state index is 12.7. The van der Waals surface area contributed by atoms with Gasteiger partial charge in [-0.05, 0) is 24.6 Å². The zero-order valence-corrected chi connectivity index (χ0v) is 18.5. The van der Waals surface area contributed by atoms with Crippen molar-refractivity contribution in [1.82, 2.24) is 30.0 Å². The molecule has 0 saturated carbocycles. The lowest BCUT2D eigenvalue weighted by Crippen LogP contribution is -2.47. The monoisotopic (exact) mass is 442 g/mol. The highest BCUT2D eigenvalue weighted by molar-refractivity contribution is 5.88. The van der Waals surface area contributed by atoms with E-state index in [0.29, 0.717) is 5.65 Å². The molecule has 0 aliphatic carbocycles. The molecule has 0 radical (unpaired) electrons. The Bertz CT molecular complexity index is 1220. The number of carbonyl (C=O) groups excluding carboxylic acids is 1. The molecule has 1 aliphatic rings. The van der Waals surface area contributed by atoms with E-state index in [4.69, 9.17) is 0 Å². The van der Waals surface area contributed by atoms with Gasteiger partial charge in [0.1, 0.15) is 24.5 Å². The summed E-state index contributed by atoms with van der Waals surface area (Å²) in [6.07, 6.45) is 5.12. The molecule has 1 aliphatic heterocycles. The number of amides is 1. The molecule has 1 fully saturated rings. The van der Waals surface area contributed by atoms with Crippen LogP contribution in [0.5, 0.6) is 0 Å². The molecular weight excluding hydrogens is 416 g/mol. The predicted molar refractivity (Wildman–Crippen MR) is 127 cm³/mol. The summed E-state index contributed by atoms with van der Waals surface area (Å²) in [5, 5.41) is 8.33. The minimum atomic E-state index is -0.111. The summed E-state index contributed by atoms with van der Waals surface area (Å²) in [4.78, 5) is 30.6. The molecule has 1 atom stereocenters. The first-order valence-electron chi connectivity index (χ1n) is 11.1. The minimum Gasteiger partial charge on any atom is -0.353 e. The van der Waals surface area contributed by atoms with Gasteiger partial charge in [0, 0.05) is 32.4 Å². The van der Waals surface area contributed by atoms with Crippen molar-refractivity contribution in [2.45, 2.75) is 19.5 Å². The zero-order valence-electron chi connectivity index (χ0n) is 18.5. The molecule has 168 valence electrons. The topological polar surface area (TPSA) is 92.1 Å². The summed E-state index contributed by atoms with van der Waals surface area (Å²) < 4.78 is 1.64. The van der Waals surface area contributed by atoms with E-state index < -0.39 is 0 Å². The van der Waals surface area contributed by atoms with Crippen LogP contribution in [-0.4, -0.2) is 56.8 Å². The molecule has 9 nitrogen and oxygen atoms in total. The van der Waals surface area contributed by atoms with E-state index >= 15 is 0 Å². The average Bonchev–Trinajstić information content (AvgIpc) is 3.28. The largest absolute Gasteiger partial charge is 0.353 e. The third kappa shape index (κ3) is 4.48. The third-order valence-corrected chi connectivity index (χ3v) is 5.94. The molecule has 0 unspecified atom stereocenters. The Labute approximate surface area is 192 Å². The van der Waals surface area contributed by atoms with Gasteiger partial charge in [-0.3, -0.25) is 4.79 Å². The van der Waals surface area contributed by atoms with Crippen molar-refractivity contribution < 1.29 is 4.79 Å². The number of nitrogens with one attached hydrogen (secondary N) is 1. The molecule has 1 saturated heterocycles. The summed E-state index contributed by atoms with van der Waals surface area (Å²) in [7, 11) is 0. The number of benzene rings is 1. The summed E-state index contributed by atoms with van der Waals surface area (Å²) in [6, 6.07) is 15.8. The Morgan fingerprint density at radius 2 is 1.73 bits per heavy atom. The second-order valence-corrected chi connectivity index (χ2v) is 8.10. The van der Waals surface area contributed by atoms with Crippen molar-refractivity contribution in [3.05, 3.63) is 72.8 Å². The molecule has 1 amide bonds. The van der Waals surface area contributed by atoms with Crippen molar-refractivity contribution in [3.8, 4) is 0 Å². The van der Waals surface area contributed by atoms with Gasteiger partial charge < -0.3 is 15.1 Å². The lowest BCUT2D eigenvalue weighted by Gasteiger charge is -2.36. The molecule has 33 heavy (non-hydrogen) atoms. The second-order valence-electron chi connectivity index (χ2n) is 8.10. The van der Waals surface area contributed by atoms with Crippen LogP contribution in [0.3, 0.4) is 0 Å². The Hall–Kier alpha value is -4.01. The number of hydrogen-bond donors (Lipinski definition) is 1. The minimum absolute atomic E-state index is 0.0823. The molecule has 4 aromatic rings. The van der Waals surface area contributed by atoms with Gasteiger partial charge in [-0.2, -0.15) is 5.10 Å². The molecule has 1 N–H and O–H groups in total. The van der Waals surface area contributed by atoms with Crippen LogP contribution in [0.2, 0.25) is 0 Å². The number of anilines is 2. The SMILES string of the molecule is C[C@@H](NC(=O)Cn1ncc2c(N3CCN(c4ccccn4)CC3)ncnc21)c1ccccc1. The smallest absolute Gasteiger partial charge is 0.242 e. The van der Waals surface area contributed by atoms with Gasteiger partial charge in [-0.15, -0.1) is 0 Å². The quantitative estimate of drug-likeness (QED) is 0.490. The highest BCUT2D eigenvalue weighted by atomic mass is 16.2. The molecule has 9 heteroatoms. The standard InChI is InChI=1S/C24H26N8O/c1-18(19-7-3-2-4-8-19)29-22(33)16-32-24-20(15-28-32)23(26-17-27-24)31-13-11-30(12-14-31)21-9-5-6-10-25-21/h2-10,15,17-18H,11-14,16H2,1H3,(H,29,33)/t18-/m1/s1. The number of nitrogens with zero attached hydrogens (tertiary/aromatic N) is 7. The van der Waals surface area contributed by atoms with Crippen molar-refractivity contribution in [3.63, 3.8) is 0 Å². The molecule has 5 rings (SSSR count). The Morgan fingerprint density at radius 1 is 0.970 bits per heavy atom. The summed E-state index contributed by atoms with van der Waals surface area (Å²) in [5.41, 5.74) is 1.72. The number of pyridine rings is 1. The predicted octanol–water partition coefficient (Wildman–Crippen LogP) is 2.43. The van der Waals surface area contributed by atoms with Gasteiger partial charge in [-0.25, -0.2) is 19.6 Å². The fraction of sp³-hybridized carbons (Fsp3) is 0.292. The van der Waals surface area contributed by atoms with E-state index in [1.54, 1.807) is 17.2 Å². The van der Waals surface area contributed by atoms with Crippen LogP contribution >= 0.6 is 0 Å². The van der Waals surface area contributed by atoms with E-state index in [2.05, 4.69) is 35.2 Å². The highest BCUT2D eigenvalue weighted by Gasteiger charge is 2.22. The fourth-order valence-corrected chi connectivity index (χ4v) is 4.18. The number of fused-ring (bicyclic) bond motifs is 1. The molecule has 4 heterocycles. The first kappa shape index (κ1) is 20.9. The van der Waals surface area contributed by atoms with Gasteiger partial charge in [0.15, 0.2) is 5.65 Å². The Morgan fingerprint density at radius 3 is 2.48 bits per heavy atom. The average molecular weight is 443 g/mol. The molecule has 1 aromatic carbocycles. The molecule has 0 spiro atoms. The van der Waals surface area contributed by atoms with Crippen LogP contribution in [0.1, 0.15) is 18.5 Å². The lowest BCUT2D eigenvalue weighted by molar-refractivity contribution is -0.122. The first-order valence-corrected chi connectivity index (χ1v) is 11.1. The van der Waals surface area contributed by atoms with Gasteiger partial charge in [0.2, 0.25) is 5.91 Å². The normalized spacial score (nSPS) is 14.9. The van der Waals surface area contributed by atoms with Gasteiger partial charge in [0.25, 0.3) is 0 Å². The summed E-state index contributed by atoms with van der Waals surface area (Å²) in [6.45, 7) is 5.43. The van der Waals surface area contributed by atoms with Crippen molar-refractivity contribution in [2.24, 2.45) is 0 Å². The molecule has 0 bridgehead atoms. The van der Waals surface area contributed by atoms with E-state index in [1.165, 1.54) is 0 Å². The van der Waals surface area contributed by atoms with Crippen molar-refractivity contribution in [1.29, 1.82) is 0 Å². The molecular formula is C24H26N8O. The highest BCUT2D eigenvalue weighted by Crippen LogP contribution is 2.24. The van der Waals surface area contributed by atoms with E-state index in [9.17, 15) is 4.79 Å². The van der Waals surface area contributed by atoms with Crippen LogP contribution in [0.4, 0.5) is 11.6 Å². The van der Waals surface area contributed by atoms with E-state index in [0.717, 1.165) is 48.8 Å². The lowest BCUT2D eigenvalue weighted by atomic mass is 10.1. The maximum absolute atomic E-state index is 12.7. The van der Waals surface area contributed by atoms with Crippen molar-refractivity contribution in [2.75, 3.05) is 36.0 Å². The fourth-order valence-electron chi connectivity index (χ4n) is 4.18. The molecule has 3 aromatic heterocycles. The van der Waals surface area contributed by atoms with Crippen LogP contribution in [0.15, 0.2) is 67.3 Å². The number of piperazine rings is 1. The van der Waals surface area contributed by atoms with Crippen LogP contribution in [-0.2, 0) is 11.3 Å². The maximum Gasteiger partial charge on any atom is 0.242 e. The zero-order chi connectivity index (χ0) is 22.6. The summed E-state index contributed by atoms with van der Waals surface area (Å²) >= 11 is 0. The number of hydrogen-bond acceptors (Lipinski definition) is 7. The number of rotatable bonds is 6. The second kappa shape index (κ2) is 9.23. The van der Waals surface area contributed by atoms with Crippen LogP contribution < -0.4 is 15.1 Å². The van der Waals surface area contributed by atoms with Crippen LogP contribution in [0.25, 0.3) is 11.0 Å². The van der Waals surface area contributed by atoms with E-state index in [1.807, 2.05) is 61.7 Å². The number of aromatic nitrogens is 5. The summed E-state index contributed by atoms with van der Waals surface area (Å²) in [5.74, 6) is 1.74. The Kier molecular flexibility index (Phi) is 5.84. The first-order chi connectivity index (χ1) is 16.2. The van der Waals surface area contributed by atoms with Crippen LogP contribution in [0, 0.1) is 0 Å². The number of carbonyl (C=O) groups is 1. The Balaban J connectivity index is 1.27. The van der Waals surface area contributed by atoms with Gasteiger partial charge in [-0.1, -0.05) is 36.4 Å². The van der Waals surface area contributed by atoms with Gasteiger partial charge >= 0.3 is 0 Å². The van der Waals surface area contributed by atoms with E-state index in [-0.39, 0.29) is 18.5 Å². The van der Waals surface area contributed by atoms with Gasteiger partial charge in [0.05, 0.1) is 17.6 Å². The third-order valence-electron chi connectivity index (χ3n) is 5.94. The van der Waals surface area contributed by atoms with Crippen molar-refractivity contribution >= 4 is 28.6 Å².